The van der Waals surface area contributed by atoms with E-state index in [2.05, 4.69) is 33.6 Å². The molecule has 114 valence electrons. The van der Waals surface area contributed by atoms with Gasteiger partial charge in [-0.05, 0) is 24.1 Å². The average Bonchev–Trinajstić information content (AvgIpc) is 2.82. The Labute approximate surface area is 126 Å². The summed E-state index contributed by atoms with van der Waals surface area (Å²) in [6.07, 6.45) is 0. The van der Waals surface area contributed by atoms with E-state index in [1.807, 2.05) is 18.2 Å². The number of nitrogens with two attached hydrogens (primary N) is 1. The van der Waals surface area contributed by atoms with Crippen molar-refractivity contribution in [3.05, 3.63) is 24.0 Å². The van der Waals surface area contributed by atoms with E-state index in [-0.39, 0.29) is 0 Å². The first kappa shape index (κ1) is 14.4. The lowest BCUT2D eigenvalue weighted by atomic mass is 10.2. The zero-order valence-electron chi connectivity index (χ0n) is 13.0. The quantitative estimate of drug-likeness (QED) is 0.843. The van der Waals surface area contributed by atoms with Crippen LogP contribution in [-0.2, 0) is 6.54 Å². The Morgan fingerprint density at radius 3 is 2.62 bits per heavy atom. The number of rotatable bonds is 4. The number of aromatic nitrogens is 2. The molecule has 0 amide bonds. The molecule has 0 radical (unpaired) electrons. The number of nitrogen functional groups attached to an aromatic ring is 1. The largest absolute Gasteiger partial charge is 0.399 e. The first-order valence-corrected chi connectivity index (χ1v) is 7.79. The number of nitrogens with one attached hydrogen (secondary N) is 1. The van der Waals surface area contributed by atoms with E-state index < -0.39 is 0 Å². The third-order valence-electron chi connectivity index (χ3n) is 4.02. The molecule has 21 heavy (non-hydrogen) atoms. The molecule has 0 saturated carbocycles. The van der Waals surface area contributed by atoms with Crippen LogP contribution in [0, 0.1) is 5.92 Å². The third-order valence-corrected chi connectivity index (χ3v) is 4.02. The smallest absolute Gasteiger partial charge is 0.121 e. The molecule has 2 heterocycles. The Morgan fingerprint density at radius 2 is 1.90 bits per heavy atom. The molecule has 0 bridgehead atoms. The molecule has 0 atom stereocenters. The lowest BCUT2D eigenvalue weighted by Crippen LogP contribution is -2.47. The average molecular weight is 287 g/mol. The highest BCUT2D eigenvalue weighted by Gasteiger charge is 2.18. The molecule has 1 fully saturated rings. The molecule has 1 saturated heterocycles. The maximum absolute atomic E-state index is 5.81. The van der Waals surface area contributed by atoms with Crippen LogP contribution in [0.5, 0.6) is 0 Å². The van der Waals surface area contributed by atoms with Gasteiger partial charge in [-0.15, -0.1) is 0 Å². The molecular weight excluding hydrogens is 262 g/mol. The minimum atomic E-state index is 0.748. The van der Waals surface area contributed by atoms with Crippen LogP contribution in [0.25, 0.3) is 11.0 Å². The minimum absolute atomic E-state index is 0.748. The van der Waals surface area contributed by atoms with E-state index >= 15 is 0 Å². The van der Waals surface area contributed by atoms with Gasteiger partial charge in [0.2, 0.25) is 0 Å². The topological polar surface area (TPSA) is 61.2 Å². The number of H-pyrrole nitrogens is 1. The predicted molar refractivity (Wildman–Crippen MR) is 87.1 cm³/mol. The molecule has 5 nitrogen and oxygen atoms in total. The minimum Gasteiger partial charge on any atom is -0.399 e. The number of piperazine rings is 1. The van der Waals surface area contributed by atoms with Crippen molar-refractivity contribution >= 4 is 16.7 Å². The van der Waals surface area contributed by atoms with E-state index in [4.69, 9.17) is 5.73 Å². The van der Waals surface area contributed by atoms with Crippen molar-refractivity contribution in [2.24, 2.45) is 5.92 Å². The van der Waals surface area contributed by atoms with Crippen molar-refractivity contribution in [3.63, 3.8) is 0 Å². The van der Waals surface area contributed by atoms with Crippen LogP contribution in [0.1, 0.15) is 19.7 Å². The maximum Gasteiger partial charge on any atom is 0.121 e. The van der Waals surface area contributed by atoms with Gasteiger partial charge in [-0.3, -0.25) is 4.90 Å². The summed E-state index contributed by atoms with van der Waals surface area (Å²) in [7, 11) is 0. The number of fused-ring (bicyclic) bond motifs is 1. The first-order chi connectivity index (χ1) is 10.1. The van der Waals surface area contributed by atoms with E-state index in [1.54, 1.807) is 0 Å². The standard InChI is InChI=1S/C16H25N5/c1-12(2)10-20-5-7-21(8-6-20)11-16-18-14-4-3-13(17)9-15(14)19-16/h3-4,9,12H,5-8,10-11,17H2,1-2H3,(H,18,19). The predicted octanol–water partition coefficient (Wildman–Crippen LogP) is 1.92. The van der Waals surface area contributed by atoms with Gasteiger partial charge in [-0.1, -0.05) is 13.8 Å². The summed E-state index contributed by atoms with van der Waals surface area (Å²) in [4.78, 5) is 13.1. The molecule has 3 rings (SSSR count). The number of anilines is 1. The van der Waals surface area contributed by atoms with Crippen LogP contribution in [0.3, 0.4) is 0 Å². The Morgan fingerprint density at radius 1 is 1.19 bits per heavy atom. The van der Waals surface area contributed by atoms with E-state index in [9.17, 15) is 0 Å². The number of benzene rings is 1. The third kappa shape index (κ3) is 3.54. The van der Waals surface area contributed by atoms with Gasteiger partial charge in [0, 0.05) is 38.4 Å². The fourth-order valence-corrected chi connectivity index (χ4v) is 3.01. The second-order valence-electron chi connectivity index (χ2n) is 6.43. The fourth-order valence-electron chi connectivity index (χ4n) is 3.01. The highest BCUT2D eigenvalue weighted by atomic mass is 15.3. The van der Waals surface area contributed by atoms with Gasteiger partial charge in [0.25, 0.3) is 0 Å². The first-order valence-electron chi connectivity index (χ1n) is 7.79. The molecule has 1 aromatic carbocycles. The van der Waals surface area contributed by atoms with Gasteiger partial charge in [0.05, 0.1) is 17.6 Å². The van der Waals surface area contributed by atoms with Crippen LogP contribution >= 0.6 is 0 Å². The molecule has 2 aromatic rings. The molecule has 5 heteroatoms. The summed E-state index contributed by atoms with van der Waals surface area (Å²) in [5.41, 5.74) is 8.62. The Bertz CT molecular complexity index is 596. The number of imidazole rings is 1. The van der Waals surface area contributed by atoms with E-state index in [1.165, 1.54) is 6.54 Å². The van der Waals surface area contributed by atoms with E-state index in [0.717, 1.165) is 61.2 Å². The Kier molecular flexibility index (Phi) is 4.12. The number of aromatic amines is 1. The van der Waals surface area contributed by atoms with Crippen LogP contribution < -0.4 is 5.73 Å². The van der Waals surface area contributed by atoms with Gasteiger partial charge in [0.15, 0.2) is 0 Å². The number of hydrogen-bond donors (Lipinski definition) is 2. The molecule has 3 N–H and O–H groups in total. The second-order valence-corrected chi connectivity index (χ2v) is 6.43. The van der Waals surface area contributed by atoms with Crippen molar-refractivity contribution in [2.75, 3.05) is 38.5 Å². The number of nitrogens with zero attached hydrogens (tertiary/aromatic N) is 3. The van der Waals surface area contributed by atoms with Gasteiger partial charge < -0.3 is 15.6 Å². The molecule has 0 unspecified atom stereocenters. The normalized spacial score (nSPS) is 17.9. The van der Waals surface area contributed by atoms with Crippen molar-refractivity contribution in [3.8, 4) is 0 Å². The Hall–Kier alpha value is -1.59. The molecule has 1 aliphatic rings. The van der Waals surface area contributed by atoms with Crippen molar-refractivity contribution in [1.29, 1.82) is 0 Å². The van der Waals surface area contributed by atoms with Crippen LogP contribution in [0.4, 0.5) is 5.69 Å². The lowest BCUT2D eigenvalue weighted by Gasteiger charge is -2.35. The molecule has 1 aromatic heterocycles. The Balaban J connectivity index is 1.59. The zero-order valence-corrected chi connectivity index (χ0v) is 13.0. The summed E-state index contributed by atoms with van der Waals surface area (Å²) in [5, 5.41) is 0. The summed E-state index contributed by atoms with van der Waals surface area (Å²) in [6, 6.07) is 5.83. The number of hydrogen-bond acceptors (Lipinski definition) is 4. The second kappa shape index (κ2) is 6.03. The summed E-state index contributed by atoms with van der Waals surface area (Å²) in [5.74, 6) is 1.78. The fraction of sp³-hybridized carbons (Fsp3) is 0.562. The van der Waals surface area contributed by atoms with Crippen LogP contribution in [0.15, 0.2) is 18.2 Å². The van der Waals surface area contributed by atoms with Gasteiger partial charge in [-0.25, -0.2) is 4.98 Å². The highest BCUT2D eigenvalue weighted by Crippen LogP contribution is 2.16. The zero-order chi connectivity index (χ0) is 14.8. The van der Waals surface area contributed by atoms with Crippen molar-refractivity contribution in [2.45, 2.75) is 20.4 Å². The van der Waals surface area contributed by atoms with Gasteiger partial charge in [0.1, 0.15) is 5.82 Å². The SMILES string of the molecule is CC(C)CN1CCN(Cc2nc3ccc(N)cc3[nH]2)CC1. The summed E-state index contributed by atoms with van der Waals surface area (Å²) >= 11 is 0. The highest BCUT2D eigenvalue weighted by molar-refractivity contribution is 5.78. The molecule has 0 aliphatic carbocycles. The van der Waals surface area contributed by atoms with Crippen molar-refractivity contribution in [1.82, 2.24) is 19.8 Å². The maximum atomic E-state index is 5.81. The summed E-state index contributed by atoms with van der Waals surface area (Å²) < 4.78 is 0. The van der Waals surface area contributed by atoms with Gasteiger partial charge >= 0.3 is 0 Å². The van der Waals surface area contributed by atoms with E-state index in [0.29, 0.717) is 0 Å². The van der Waals surface area contributed by atoms with Gasteiger partial charge in [-0.2, -0.15) is 0 Å². The molecular formula is C16H25N5. The molecule has 1 aliphatic heterocycles. The monoisotopic (exact) mass is 287 g/mol. The van der Waals surface area contributed by atoms with Crippen molar-refractivity contribution < 1.29 is 0 Å². The van der Waals surface area contributed by atoms with Crippen LogP contribution in [-0.4, -0.2) is 52.5 Å². The van der Waals surface area contributed by atoms with Crippen LogP contribution in [0.2, 0.25) is 0 Å². The molecule has 0 spiro atoms. The lowest BCUT2D eigenvalue weighted by molar-refractivity contribution is 0.116. The summed E-state index contributed by atoms with van der Waals surface area (Å²) in [6.45, 7) is 11.2.